The molecule has 0 amide bonds. The zero-order valence-electron chi connectivity index (χ0n) is 21.9. The highest BCUT2D eigenvalue weighted by atomic mass is 16.6. The van der Waals surface area contributed by atoms with Crippen LogP contribution < -0.4 is 4.74 Å². The molecule has 1 spiro atoms. The lowest BCUT2D eigenvalue weighted by atomic mass is 9.52. The van der Waals surface area contributed by atoms with Gasteiger partial charge in [-0.2, -0.15) is 0 Å². The van der Waals surface area contributed by atoms with E-state index in [4.69, 9.17) is 18.9 Å². The van der Waals surface area contributed by atoms with Crippen LogP contribution in [0.2, 0.25) is 0 Å². The van der Waals surface area contributed by atoms with Crippen molar-refractivity contribution in [3.8, 4) is 5.75 Å². The molecule has 2 saturated carbocycles. The fraction of sp³-hybridized carbons (Fsp3) is 0.724. The van der Waals surface area contributed by atoms with Crippen LogP contribution in [0.3, 0.4) is 0 Å². The summed E-state index contributed by atoms with van der Waals surface area (Å²) in [4.78, 5) is 25.6. The maximum Gasteiger partial charge on any atom is 0.341 e. The Hall–Kier alpha value is -2.08. The van der Waals surface area contributed by atoms with Gasteiger partial charge in [0.15, 0.2) is 0 Å². The van der Waals surface area contributed by atoms with Crippen molar-refractivity contribution in [2.24, 2.45) is 22.7 Å². The first-order valence-electron chi connectivity index (χ1n) is 13.3. The first kappa shape index (κ1) is 24.6. The Morgan fingerprint density at radius 3 is 2.54 bits per heavy atom. The molecule has 3 fully saturated rings. The Morgan fingerprint density at radius 2 is 1.83 bits per heavy atom. The number of carbonyl (C=O) groups excluding carboxylic acids is 2. The Bertz CT molecular complexity index is 1010. The van der Waals surface area contributed by atoms with Crippen LogP contribution in [0.5, 0.6) is 5.75 Å². The number of carbonyl (C=O) groups is 2. The molecule has 1 heterocycles. The van der Waals surface area contributed by atoms with E-state index in [-0.39, 0.29) is 28.4 Å². The van der Waals surface area contributed by atoms with Gasteiger partial charge in [0.1, 0.15) is 23.5 Å². The smallest absolute Gasteiger partial charge is 0.341 e. The molecule has 1 aromatic carbocycles. The first-order valence-corrected chi connectivity index (χ1v) is 13.3. The molecule has 0 N–H and O–H groups in total. The highest BCUT2D eigenvalue weighted by Gasteiger charge is 2.65. The van der Waals surface area contributed by atoms with Gasteiger partial charge in [-0.15, -0.1) is 0 Å². The predicted molar refractivity (Wildman–Crippen MR) is 132 cm³/mol. The molecule has 4 aliphatic rings. The monoisotopic (exact) mass is 484 g/mol. The minimum atomic E-state index is -0.381. The van der Waals surface area contributed by atoms with Gasteiger partial charge in [-0.3, -0.25) is 4.79 Å². The van der Waals surface area contributed by atoms with Gasteiger partial charge in [0, 0.05) is 12.5 Å². The molecule has 1 aromatic rings. The predicted octanol–water partition coefficient (Wildman–Crippen LogP) is 5.46. The fourth-order valence-corrected chi connectivity index (χ4v) is 7.88. The number of aryl methyl sites for hydroxylation is 1. The molecule has 5 atom stereocenters. The lowest BCUT2D eigenvalue weighted by molar-refractivity contribution is -0.206. The molecule has 35 heavy (non-hydrogen) atoms. The number of methoxy groups -OCH3 is 2. The Morgan fingerprint density at radius 1 is 1.03 bits per heavy atom. The summed E-state index contributed by atoms with van der Waals surface area (Å²) >= 11 is 0. The van der Waals surface area contributed by atoms with E-state index in [2.05, 4.69) is 13.0 Å². The van der Waals surface area contributed by atoms with Crippen LogP contribution in [0.15, 0.2) is 12.1 Å². The zero-order valence-corrected chi connectivity index (χ0v) is 21.9. The van der Waals surface area contributed by atoms with Crippen LogP contribution in [0.25, 0.3) is 0 Å². The van der Waals surface area contributed by atoms with Crippen LogP contribution >= 0.6 is 0 Å². The average Bonchev–Trinajstić information content (AvgIpc) is 3.13. The highest BCUT2D eigenvalue weighted by molar-refractivity contribution is 5.93. The van der Waals surface area contributed by atoms with Crippen LogP contribution in [0.1, 0.15) is 93.1 Å². The number of benzene rings is 1. The zero-order chi connectivity index (χ0) is 25.0. The maximum absolute atomic E-state index is 12.9. The normalized spacial score (nSPS) is 35.0. The molecule has 3 unspecified atom stereocenters. The second-order valence-electron chi connectivity index (χ2n) is 12.1. The van der Waals surface area contributed by atoms with E-state index in [0.717, 1.165) is 51.4 Å². The molecule has 0 aromatic heterocycles. The fourth-order valence-electron chi connectivity index (χ4n) is 7.88. The quantitative estimate of drug-likeness (QED) is 0.408. The van der Waals surface area contributed by atoms with Gasteiger partial charge in [0.25, 0.3) is 0 Å². The molecule has 192 valence electrons. The van der Waals surface area contributed by atoms with Crippen LogP contribution in [0, 0.1) is 22.7 Å². The Balaban J connectivity index is 1.44. The lowest BCUT2D eigenvalue weighted by Gasteiger charge is -2.56. The Labute approximate surface area is 209 Å². The molecule has 0 bridgehead atoms. The summed E-state index contributed by atoms with van der Waals surface area (Å²) in [5, 5.41) is 0. The van der Waals surface area contributed by atoms with Crippen LogP contribution in [-0.2, 0) is 25.4 Å². The molecule has 6 nitrogen and oxygen atoms in total. The Kier molecular flexibility index (Phi) is 6.18. The van der Waals surface area contributed by atoms with E-state index in [1.165, 1.54) is 18.2 Å². The number of fused-ring (bicyclic) bond motifs is 6. The van der Waals surface area contributed by atoms with E-state index in [1.54, 1.807) is 7.11 Å². The summed E-state index contributed by atoms with van der Waals surface area (Å²) in [5.41, 5.74) is 2.40. The summed E-state index contributed by atoms with van der Waals surface area (Å²) in [7, 11) is 3.05. The van der Waals surface area contributed by atoms with Gasteiger partial charge < -0.3 is 18.9 Å². The van der Waals surface area contributed by atoms with Crippen molar-refractivity contribution in [3.05, 3.63) is 28.8 Å². The number of esters is 2. The number of ether oxygens (including phenoxy) is 4. The lowest BCUT2D eigenvalue weighted by Crippen LogP contribution is -2.56. The molecule has 1 aliphatic heterocycles. The van der Waals surface area contributed by atoms with Crippen LogP contribution in [0.4, 0.5) is 0 Å². The SMILES string of the molecule is COCCOc1cc2c(cc1C(=O)OC)C1CC[C@@]3(C)C(CC[C@@]34CCC(C)(C)C(=O)O4)C1CC2. The van der Waals surface area contributed by atoms with E-state index in [0.29, 0.717) is 42.3 Å². The van der Waals surface area contributed by atoms with Crippen molar-refractivity contribution in [3.63, 3.8) is 0 Å². The van der Waals surface area contributed by atoms with Gasteiger partial charge in [0.2, 0.25) is 0 Å². The van der Waals surface area contributed by atoms with Crippen LogP contribution in [-0.4, -0.2) is 45.0 Å². The maximum atomic E-state index is 12.9. The van der Waals surface area contributed by atoms with Gasteiger partial charge >= 0.3 is 11.9 Å². The third-order valence-electron chi connectivity index (χ3n) is 10.1. The number of rotatable bonds is 5. The summed E-state index contributed by atoms with van der Waals surface area (Å²) < 4.78 is 22.5. The van der Waals surface area contributed by atoms with Crippen molar-refractivity contribution >= 4 is 11.9 Å². The van der Waals surface area contributed by atoms with E-state index >= 15 is 0 Å². The van der Waals surface area contributed by atoms with E-state index in [1.807, 2.05) is 19.9 Å². The van der Waals surface area contributed by atoms with Gasteiger partial charge in [-0.25, -0.2) is 4.79 Å². The molecule has 3 aliphatic carbocycles. The van der Waals surface area contributed by atoms with Gasteiger partial charge in [-0.1, -0.05) is 6.92 Å². The van der Waals surface area contributed by atoms with Crippen molar-refractivity contribution in [2.75, 3.05) is 27.4 Å². The van der Waals surface area contributed by atoms with Crippen molar-refractivity contribution in [2.45, 2.75) is 83.7 Å². The van der Waals surface area contributed by atoms with Crippen molar-refractivity contribution in [1.29, 1.82) is 0 Å². The number of hydrogen-bond donors (Lipinski definition) is 0. The van der Waals surface area contributed by atoms with Gasteiger partial charge in [-0.05, 0) is 106 Å². The topological polar surface area (TPSA) is 71.1 Å². The minimum Gasteiger partial charge on any atom is -0.490 e. The first-order chi connectivity index (χ1) is 16.7. The molecular formula is C29H40O6. The number of hydrogen-bond acceptors (Lipinski definition) is 6. The second kappa shape index (κ2) is 8.79. The van der Waals surface area contributed by atoms with E-state index < -0.39 is 0 Å². The third-order valence-corrected chi connectivity index (χ3v) is 10.1. The summed E-state index contributed by atoms with van der Waals surface area (Å²) in [5.74, 6) is 1.69. The summed E-state index contributed by atoms with van der Waals surface area (Å²) in [6.07, 6.45) is 8.17. The third kappa shape index (κ3) is 3.78. The van der Waals surface area contributed by atoms with E-state index in [9.17, 15) is 9.59 Å². The largest absolute Gasteiger partial charge is 0.490 e. The minimum absolute atomic E-state index is 0.0201. The van der Waals surface area contributed by atoms with Crippen molar-refractivity contribution in [1.82, 2.24) is 0 Å². The second-order valence-corrected chi connectivity index (χ2v) is 12.1. The molecule has 0 radical (unpaired) electrons. The van der Waals surface area contributed by atoms with Crippen molar-refractivity contribution < 1.29 is 28.5 Å². The highest BCUT2D eigenvalue weighted by Crippen LogP contribution is 2.67. The van der Waals surface area contributed by atoms with Gasteiger partial charge in [0.05, 0.1) is 19.1 Å². The average molecular weight is 485 g/mol. The summed E-state index contributed by atoms with van der Waals surface area (Å²) in [6.45, 7) is 7.28. The molecule has 1 saturated heterocycles. The molecular weight excluding hydrogens is 444 g/mol. The molecule has 6 heteroatoms. The standard InChI is InChI=1S/C29H40O6/c1-27(2)12-13-29(35-26(27)31)11-9-23-20-7-6-18-16-24(34-15-14-32-4)22(25(30)33-5)17-21(18)19(20)8-10-28(23,29)3/h16-17,19-20,23H,6-15H2,1-5H3/t19?,20?,23?,28-,29+/m0/s1. The molecule has 5 rings (SSSR count). The summed E-state index contributed by atoms with van der Waals surface area (Å²) in [6, 6.07) is 4.10.